The Morgan fingerprint density at radius 1 is 1.00 bits per heavy atom. The molecule has 1 heterocycles. The molecule has 0 bridgehead atoms. The molecule has 0 aliphatic carbocycles. The van der Waals surface area contributed by atoms with Crippen LogP contribution in [-0.4, -0.2) is 29.7 Å². The Labute approximate surface area is 146 Å². The number of ketones is 1. The van der Waals surface area contributed by atoms with E-state index >= 15 is 0 Å². The lowest BCUT2D eigenvalue weighted by molar-refractivity contribution is -0.127. The number of hydrogen-bond donors (Lipinski definition) is 0. The quantitative estimate of drug-likeness (QED) is 0.625. The predicted octanol–water partition coefficient (Wildman–Crippen LogP) is 3.96. The Bertz CT molecular complexity index is 777. The van der Waals surface area contributed by atoms with Crippen LogP contribution in [0.3, 0.4) is 0 Å². The van der Waals surface area contributed by atoms with E-state index in [1.165, 1.54) is 12.1 Å². The molecule has 0 aromatic heterocycles. The van der Waals surface area contributed by atoms with Crippen molar-refractivity contribution in [2.24, 2.45) is 5.92 Å². The third-order valence-corrected chi connectivity index (χ3v) is 4.50. The predicted molar refractivity (Wildman–Crippen MR) is 95.5 cm³/mol. The molecule has 0 atom stereocenters. The number of likely N-dealkylation sites (tertiary alicyclic amines) is 1. The molecule has 1 saturated heterocycles. The van der Waals surface area contributed by atoms with E-state index in [0.29, 0.717) is 31.5 Å². The van der Waals surface area contributed by atoms with Gasteiger partial charge in [-0.2, -0.15) is 0 Å². The zero-order chi connectivity index (χ0) is 17.6. The Morgan fingerprint density at radius 2 is 1.72 bits per heavy atom. The largest absolute Gasteiger partial charge is 0.339 e. The van der Waals surface area contributed by atoms with Crippen molar-refractivity contribution >= 4 is 17.8 Å². The Balaban J connectivity index is 1.55. The molecular weight excluding hydrogens is 317 g/mol. The third kappa shape index (κ3) is 4.41. The first-order chi connectivity index (χ1) is 12.1. The van der Waals surface area contributed by atoms with E-state index in [0.717, 1.165) is 5.56 Å². The van der Waals surface area contributed by atoms with Crippen LogP contribution in [0, 0.1) is 11.7 Å². The monoisotopic (exact) mass is 337 g/mol. The SMILES string of the molecule is O=C(c1cccc(F)c1)C1CCN(C(=O)C=Cc2ccccc2)CC1. The van der Waals surface area contributed by atoms with E-state index in [1.54, 1.807) is 29.2 Å². The van der Waals surface area contributed by atoms with Gasteiger partial charge in [-0.25, -0.2) is 4.39 Å². The van der Waals surface area contributed by atoms with E-state index in [-0.39, 0.29) is 17.6 Å². The maximum absolute atomic E-state index is 13.3. The number of Topliss-reactive ketones (excluding diaryl/α,β-unsaturated/α-hetero) is 1. The highest BCUT2D eigenvalue weighted by Crippen LogP contribution is 2.22. The average Bonchev–Trinajstić information content (AvgIpc) is 2.66. The van der Waals surface area contributed by atoms with E-state index in [1.807, 2.05) is 30.3 Å². The summed E-state index contributed by atoms with van der Waals surface area (Å²) in [5, 5.41) is 0. The lowest BCUT2D eigenvalue weighted by Gasteiger charge is -2.30. The Kier molecular flexibility index (Phi) is 5.39. The van der Waals surface area contributed by atoms with Gasteiger partial charge in [0.15, 0.2) is 5.78 Å². The van der Waals surface area contributed by atoms with Gasteiger partial charge in [-0.1, -0.05) is 42.5 Å². The number of hydrogen-bond acceptors (Lipinski definition) is 2. The highest BCUT2D eigenvalue weighted by atomic mass is 19.1. The van der Waals surface area contributed by atoms with Gasteiger partial charge in [0.1, 0.15) is 5.82 Å². The molecule has 0 N–H and O–H groups in total. The fourth-order valence-corrected chi connectivity index (χ4v) is 3.08. The van der Waals surface area contributed by atoms with E-state index in [4.69, 9.17) is 0 Å². The Hall–Kier alpha value is -2.75. The highest BCUT2D eigenvalue weighted by Gasteiger charge is 2.27. The molecular formula is C21H20FNO2. The zero-order valence-corrected chi connectivity index (χ0v) is 13.9. The summed E-state index contributed by atoms with van der Waals surface area (Å²) in [5.74, 6) is -0.625. The molecule has 0 spiro atoms. The normalized spacial score (nSPS) is 15.5. The number of carbonyl (C=O) groups excluding carboxylic acids is 2. The van der Waals surface area contributed by atoms with Crippen LogP contribution in [0.2, 0.25) is 0 Å². The molecule has 25 heavy (non-hydrogen) atoms. The minimum atomic E-state index is -0.399. The van der Waals surface area contributed by atoms with E-state index < -0.39 is 5.82 Å². The minimum Gasteiger partial charge on any atom is -0.339 e. The summed E-state index contributed by atoms with van der Waals surface area (Å²) < 4.78 is 13.3. The van der Waals surface area contributed by atoms with Crippen molar-refractivity contribution in [2.45, 2.75) is 12.8 Å². The van der Waals surface area contributed by atoms with Gasteiger partial charge in [-0.3, -0.25) is 9.59 Å². The molecule has 2 aromatic carbocycles. The van der Waals surface area contributed by atoms with Crippen LogP contribution in [0.4, 0.5) is 4.39 Å². The molecule has 128 valence electrons. The second-order valence-electron chi connectivity index (χ2n) is 6.22. The lowest BCUT2D eigenvalue weighted by atomic mass is 9.89. The third-order valence-electron chi connectivity index (χ3n) is 4.50. The van der Waals surface area contributed by atoms with Gasteiger partial charge in [0.05, 0.1) is 0 Å². The van der Waals surface area contributed by atoms with Crippen molar-refractivity contribution in [1.29, 1.82) is 0 Å². The number of rotatable bonds is 4. The fraction of sp³-hybridized carbons (Fsp3) is 0.238. The average molecular weight is 337 g/mol. The standard InChI is InChI=1S/C21H20FNO2/c22-19-8-4-7-18(15-19)21(25)17-11-13-23(14-12-17)20(24)10-9-16-5-2-1-3-6-16/h1-10,15,17H,11-14H2. The summed E-state index contributed by atoms with van der Waals surface area (Å²) in [6, 6.07) is 15.5. The number of piperidine rings is 1. The maximum atomic E-state index is 13.3. The maximum Gasteiger partial charge on any atom is 0.246 e. The van der Waals surface area contributed by atoms with E-state index in [9.17, 15) is 14.0 Å². The van der Waals surface area contributed by atoms with Gasteiger partial charge >= 0.3 is 0 Å². The van der Waals surface area contributed by atoms with Gasteiger partial charge in [0, 0.05) is 30.6 Å². The summed E-state index contributed by atoms with van der Waals surface area (Å²) in [6.07, 6.45) is 4.59. The van der Waals surface area contributed by atoms with Crippen molar-refractivity contribution in [1.82, 2.24) is 4.90 Å². The summed E-state index contributed by atoms with van der Waals surface area (Å²) in [7, 11) is 0. The van der Waals surface area contributed by atoms with Gasteiger partial charge in [-0.15, -0.1) is 0 Å². The summed E-state index contributed by atoms with van der Waals surface area (Å²) >= 11 is 0. The van der Waals surface area contributed by atoms with Crippen LogP contribution in [0.25, 0.3) is 6.08 Å². The lowest BCUT2D eigenvalue weighted by Crippen LogP contribution is -2.39. The van der Waals surface area contributed by atoms with Crippen LogP contribution in [0.15, 0.2) is 60.7 Å². The van der Waals surface area contributed by atoms with Crippen molar-refractivity contribution in [3.63, 3.8) is 0 Å². The van der Waals surface area contributed by atoms with Crippen molar-refractivity contribution in [3.8, 4) is 0 Å². The molecule has 1 fully saturated rings. The second-order valence-corrected chi connectivity index (χ2v) is 6.22. The summed E-state index contributed by atoms with van der Waals surface area (Å²) in [6.45, 7) is 1.09. The number of amides is 1. The molecule has 0 radical (unpaired) electrons. The number of nitrogens with zero attached hydrogens (tertiary/aromatic N) is 1. The van der Waals surface area contributed by atoms with Crippen LogP contribution in [0.5, 0.6) is 0 Å². The number of halogens is 1. The second kappa shape index (κ2) is 7.88. The topological polar surface area (TPSA) is 37.4 Å². The van der Waals surface area contributed by atoms with Gasteiger partial charge in [0.25, 0.3) is 0 Å². The first kappa shape index (κ1) is 17.1. The van der Waals surface area contributed by atoms with Gasteiger partial charge in [-0.05, 0) is 36.6 Å². The van der Waals surface area contributed by atoms with Gasteiger partial charge < -0.3 is 4.90 Å². The first-order valence-electron chi connectivity index (χ1n) is 8.45. The van der Waals surface area contributed by atoms with Crippen LogP contribution < -0.4 is 0 Å². The van der Waals surface area contributed by atoms with Crippen molar-refractivity contribution in [3.05, 3.63) is 77.6 Å². The van der Waals surface area contributed by atoms with Crippen molar-refractivity contribution in [2.75, 3.05) is 13.1 Å². The molecule has 0 saturated carbocycles. The van der Waals surface area contributed by atoms with E-state index in [2.05, 4.69) is 0 Å². The molecule has 1 aliphatic rings. The first-order valence-corrected chi connectivity index (χ1v) is 8.45. The molecule has 3 rings (SSSR count). The molecule has 2 aromatic rings. The zero-order valence-electron chi connectivity index (χ0n) is 13.9. The Morgan fingerprint density at radius 3 is 2.40 bits per heavy atom. The van der Waals surface area contributed by atoms with Gasteiger partial charge in [0.2, 0.25) is 5.91 Å². The van der Waals surface area contributed by atoms with Crippen LogP contribution in [-0.2, 0) is 4.79 Å². The summed E-state index contributed by atoms with van der Waals surface area (Å²) in [4.78, 5) is 26.5. The fourth-order valence-electron chi connectivity index (χ4n) is 3.08. The molecule has 4 heteroatoms. The van der Waals surface area contributed by atoms with Crippen molar-refractivity contribution < 1.29 is 14.0 Å². The number of carbonyl (C=O) groups is 2. The van der Waals surface area contributed by atoms with Crippen LogP contribution in [0.1, 0.15) is 28.8 Å². The van der Waals surface area contributed by atoms with Crippen LogP contribution >= 0.6 is 0 Å². The minimum absolute atomic E-state index is 0.0357. The number of benzene rings is 2. The summed E-state index contributed by atoms with van der Waals surface area (Å²) in [5.41, 5.74) is 1.39. The molecule has 0 unspecified atom stereocenters. The molecule has 1 amide bonds. The highest BCUT2D eigenvalue weighted by molar-refractivity contribution is 5.98. The smallest absolute Gasteiger partial charge is 0.246 e. The molecule has 3 nitrogen and oxygen atoms in total. The molecule has 1 aliphatic heterocycles.